The Bertz CT molecular complexity index is 355. The van der Waals surface area contributed by atoms with Gasteiger partial charge in [-0.1, -0.05) is 37.3 Å². The van der Waals surface area contributed by atoms with E-state index in [1.54, 1.807) is 7.11 Å². The first kappa shape index (κ1) is 14.5. The molecule has 1 aromatic carbocycles. The zero-order valence-electron chi connectivity index (χ0n) is 12.1. The maximum atomic E-state index is 5.23. The third-order valence-electron chi connectivity index (χ3n) is 3.69. The number of hydrogen-bond donors (Lipinski definition) is 1. The summed E-state index contributed by atoms with van der Waals surface area (Å²) in [7, 11) is 1.78. The zero-order chi connectivity index (χ0) is 13.5. The molecular weight excluding hydrogens is 236 g/mol. The minimum atomic E-state index is 0.575. The SMILES string of the molecule is COCC(C)CN1CCNC(Cc2ccccc2)C1. The first-order chi connectivity index (χ1) is 9.28. The molecule has 0 spiro atoms. The largest absolute Gasteiger partial charge is 0.384 e. The molecule has 0 aliphatic carbocycles. The summed E-state index contributed by atoms with van der Waals surface area (Å²) < 4.78 is 5.23. The number of nitrogens with one attached hydrogen (secondary N) is 1. The van der Waals surface area contributed by atoms with Crippen molar-refractivity contribution in [1.82, 2.24) is 10.2 Å². The van der Waals surface area contributed by atoms with Crippen LogP contribution in [0, 0.1) is 5.92 Å². The molecule has 1 fully saturated rings. The number of methoxy groups -OCH3 is 1. The van der Waals surface area contributed by atoms with Gasteiger partial charge in [-0.2, -0.15) is 0 Å². The molecule has 0 aromatic heterocycles. The molecule has 2 unspecified atom stereocenters. The van der Waals surface area contributed by atoms with Crippen LogP contribution >= 0.6 is 0 Å². The molecule has 106 valence electrons. The minimum Gasteiger partial charge on any atom is -0.384 e. The Labute approximate surface area is 116 Å². The zero-order valence-corrected chi connectivity index (χ0v) is 12.1. The van der Waals surface area contributed by atoms with Crippen LogP contribution < -0.4 is 5.32 Å². The van der Waals surface area contributed by atoms with Crippen molar-refractivity contribution in [2.45, 2.75) is 19.4 Å². The fourth-order valence-corrected chi connectivity index (χ4v) is 2.87. The fraction of sp³-hybridized carbons (Fsp3) is 0.625. The van der Waals surface area contributed by atoms with Crippen LogP contribution in [-0.4, -0.2) is 50.8 Å². The van der Waals surface area contributed by atoms with Crippen molar-refractivity contribution in [3.63, 3.8) is 0 Å². The smallest absolute Gasteiger partial charge is 0.0500 e. The van der Waals surface area contributed by atoms with Gasteiger partial charge in [0.05, 0.1) is 0 Å². The van der Waals surface area contributed by atoms with Gasteiger partial charge in [0.15, 0.2) is 0 Å². The first-order valence-corrected chi connectivity index (χ1v) is 7.26. The van der Waals surface area contributed by atoms with Crippen LogP contribution in [0.15, 0.2) is 30.3 Å². The lowest BCUT2D eigenvalue weighted by Crippen LogP contribution is -2.52. The third-order valence-corrected chi connectivity index (χ3v) is 3.69. The summed E-state index contributed by atoms with van der Waals surface area (Å²) in [4.78, 5) is 2.56. The van der Waals surface area contributed by atoms with Gasteiger partial charge in [-0.3, -0.25) is 0 Å². The maximum absolute atomic E-state index is 5.23. The van der Waals surface area contributed by atoms with Crippen LogP contribution in [0.2, 0.25) is 0 Å². The molecule has 19 heavy (non-hydrogen) atoms. The van der Waals surface area contributed by atoms with Gasteiger partial charge in [0.2, 0.25) is 0 Å². The number of benzene rings is 1. The average molecular weight is 262 g/mol. The number of ether oxygens (including phenoxy) is 1. The Morgan fingerprint density at radius 1 is 1.37 bits per heavy atom. The molecule has 0 saturated carbocycles. The predicted octanol–water partition coefficient (Wildman–Crippen LogP) is 1.79. The van der Waals surface area contributed by atoms with Gasteiger partial charge in [-0.25, -0.2) is 0 Å². The molecular formula is C16H26N2O. The highest BCUT2D eigenvalue weighted by atomic mass is 16.5. The number of nitrogens with zero attached hydrogens (tertiary/aromatic N) is 1. The van der Waals surface area contributed by atoms with Crippen LogP contribution in [0.3, 0.4) is 0 Å². The van der Waals surface area contributed by atoms with Crippen molar-refractivity contribution < 1.29 is 4.74 Å². The minimum absolute atomic E-state index is 0.575. The van der Waals surface area contributed by atoms with Gasteiger partial charge in [-0.05, 0) is 17.9 Å². The Morgan fingerprint density at radius 3 is 2.89 bits per heavy atom. The molecule has 1 aliphatic rings. The Balaban J connectivity index is 1.80. The quantitative estimate of drug-likeness (QED) is 0.846. The van der Waals surface area contributed by atoms with Gasteiger partial charge in [0.25, 0.3) is 0 Å². The highest BCUT2D eigenvalue weighted by Gasteiger charge is 2.20. The molecule has 3 nitrogen and oxygen atoms in total. The normalized spacial score (nSPS) is 22.3. The van der Waals surface area contributed by atoms with Gasteiger partial charge in [0, 0.05) is 45.9 Å². The molecule has 1 aliphatic heterocycles. The molecule has 3 heteroatoms. The molecule has 0 amide bonds. The molecule has 2 rings (SSSR count). The summed E-state index contributed by atoms with van der Waals surface area (Å²) >= 11 is 0. The van der Waals surface area contributed by atoms with E-state index in [2.05, 4.69) is 47.5 Å². The van der Waals surface area contributed by atoms with Crippen LogP contribution in [0.5, 0.6) is 0 Å². The lowest BCUT2D eigenvalue weighted by Gasteiger charge is -2.35. The van der Waals surface area contributed by atoms with Crippen molar-refractivity contribution in [3.8, 4) is 0 Å². The number of rotatable bonds is 6. The molecule has 1 aromatic rings. The Hall–Kier alpha value is -0.900. The van der Waals surface area contributed by atoms with Gasteiger partial charge in [-0.15, -0.1) is 0 Å². The molecule has 2 atom stereocenters. The molecule has 1 heterocycles. The summed E-state index contributed by atoms with van der Waals surface area (Å²) in [5, 5.41) is 3.63. The van der Waals surface area contributed by atoms with E-state index in [9.17, 15) is 0 Å². The number of hydrogen-bond acceptors (Lipinski definition) is 3. The van der Waals surface area contributed by atoms with E-state index in [-0.39, 0.29) is 0 Å². The van der Waals surface area contributed by atoms with Crippen molar-refractivity contribution >= 4 is 0 Å². The van der Waals surface area contributed by atoms with E-state index in [1.807, 2.05) is 0 Å². The molecule has 0 radical (unpaired) electrons. The highest BCUT2D eigenvalue weighted by molar-refractivity contribution is 5.16. The van der Waals surface area contributed by atoms with Gasteiger partial charge >= 0.3 is 0 Å². The summed E-state index contributed by atoms with van der Waals surface area (Å²) in [6.07, 6.45) is 1.12. The summed E-state index contributed by atoms with van der Waals surface area (Å²) in [6, 6.07) is 11.3. The van der Waals surface area contributed by atoms with E-state index < -0.39 is 0 Å². The lowest BCUT2D eigenvalue weighted by molar-refractivity contribution is 0.114. The molecule has 1 saturated heterocycles. The average Bonchev–Trinajstić information content (AvgIpc) is 2.40. The van der Waals surface area contributed by atoms with Gasteiger partial charge in [0.1, 0.15) is 0 Å². The highest BCUT2D eigenvalue weighted by Crippen LogP contribution is 2.09. The number of piperazine rings is 1. The molecule has 1 N–H and O–H groups in total. The summed E-state index contributed by atoms with van der Waals surface area (Å²) in [5.74, 6) is 0.612. The third kappa shape index (κ3) is 4.94. The first-order valence-electron chi connectivity index (χ1n) is 7.26. The predicted molar refractivity (Wildman–Crippen MR) is 79.4 cm³/mol. The molecule has 0 bridgehead atoms. The van der Waals surface area contributed by atoms with Crippen LogP contribution in [0.4, 0.5) is 0 Å². The Kier molecular flexibility index (Phi) is 5.83. The van der Waals surface area contributed by atoms with Crippen molar-refractivity contribution in [1.29, 1.82) is 0 Å². The van der Waals surface area contributed by atoms with E-state index >= 15 is 0 Å². The second kappa shape index (κ2) is 7.63. The van der Waals surface area contributed by atoms with E-state index in [0.717, 1.165) is 39.2 Å². The van der Waals surface area contributed by atoms with E-state index in [0.29, 0.717) is 12.0 Å². The van der Waals surface area contributed by atoms with Crippen LogP contribution in [0.1, 0.15) is 12.5 Å². The van der Waals surface area contributed by atoms with Crippen molar-refractivity contribution in [2.24, 2.45) is 5.92 Å². The summed E-state index contributed by atoms with van der Waals surface area (Å²) in [6.45, 7) is 7.64. The van der Waals surface area contributed by atoms with Crippen molar-refractivity contribution in [2.75, 3.05) is 39.9 Å². The lowest BCUT2D eigenvalue weighted by atomic mass is 10.0. The van der Waals surface area contributed by atoms with E-state index in [4.69, 9.17) is 4.74 Å². The Morgan fingerprint density at radius 2 is 2.16 bits per heavy atom. The second-order valence-corrected chi connectivity index (χ2v) is 5.66. The monoisotopic (exact) mass is 262 g/mol. The topological polar surface area (TPSA) is 24.5 Å². The standard InChI is InChI=1S/C16H26N2O/c1-14(13-19-2)11-18-9-8-17-16(12-18)10-15-6-4-3-5-7-15/h3-7,14,16-17H,8-13H2,1-2H3. The van der Waals surface area contributed by atoms with Gasteiger partial charge < -0.3 is 15.0 Å². The maximum Gasteiger partial charge on any atom is 0.0500 e. The fourth-order valence-electron chi connectivity index (χ4n) is 2.87. The van der Waals surface area contributed by atoms with Crippen molar-refractivity contribution in [3.05, 3.63) is 35.9 Å². The summed E-state index contributed by atoms with van der Waals surface area (Å²) in [5.41, 5.74) is 1.42. The van der Waals surface area contributed by atoms with Crippen LogP contribution in [0.25, 0.3) is 0 Å². The van der Waals surface area contributed by atoms with Crippen LogP contribution in [-0.2, 0) is 11.2 Å². The second-order valence-electron chi connectivity index (χ2n) is 5.66. The van der Waals surface area contributed by atoms with E-state index in [1.165, 1.54) is 5.56 Å².